The molecule has 0 fully saturated rings. The molecule has 1 heterocycles. The van der Waals surface area contributed by atoms with Crippen LogP contribution < -0.4 is 10.6 Å². The number of carbonyl (C=O) groups excluding carboxylic acids is 2. The number of hydrogen-bond donors (Lipinski definition) is 1. The van der Waals surface area contributed by atoms with E-state index in [9.17, 15) is 14.0 Å². The highest BCUT2D eigenvalue weighted by molar-refractivity contribution is 6.29. The van der Waals surface area contributed by atoms with Gasteiger partial charge in [0.15, 0.2) is 0 Å². The fourth-order valence-electron chi connectivity index (χ4n) is 1.88. The lowest BCUT2D eigenvalue weighted by molar-refractivity contribution is -0.117. The van der Waals surface area contributed by atoms with Gasteiger partial charge in [-0.25, -0.2) is 9.37 Å². The number of rotatable bonds is 5. The zero-order valence-corrected chi connectivity index (χ0v) is 12.3. The molecule has 5 nitrogen and oxygen atoms in total. The van der Waals surface area contributed by atoms with Gasteiger partial charge in [-0.05, 0) is 36.4 Å². The number of anilines is 1. The smallest absolute Gasteiger partial charge is 0.258 e. The van der Waals surface area contributed by atoms with Crippen molar-refractivity contribution < 1.29 is 14.0 Å². The zero-order chi connectivity index (χ0) is 16.1. The van der Waals surface area contributed by atoms with Crippen LogP contribution in [0.4, 0.5) is 10.1 Å². The van der Waals surface area contributed by atoms with E-state index in [2.05, 4.69) is 4.98 Å². The molecule has 2 aromatic rings. The van der Waals surface area contributed by atoms with Crippen molar-refractivity contribution in [3.8, 4) is 0 Å². The van der Waals surface area contributed by atoms with Crippen molar-refractivity contribution in [2.75, 3.05) is 11.4 Å². The summed E-state index contributed by atoms with van der Waals surface area (Å²) in [6.45, 7) is 0.0831. The van der Waals surface area contributed by atoms with Crippen LogP contribution >= 0.6 is 11.6 Å². The lowest BCUT2D eigenvalue weighted by atomic mass is 10.2. The third-order valence-electron chi connectivity index (χ3n) is 2.94. The van der Waals surface area contributed by atoms with Crippen LogP contribution in [0.2, 0.25) is 5.15 Å². The van der Waals surface area contributed by atoms with Crippen molar-refractivity contribution in [1.82, 2.24) is 4.98 Å². The predicted octanol–water partition coefficient (Wildman–Crippen LogP) is 2.40. The third-order valence-corrected chi connectivity index (χ3v) is 3.15. The molecule has 7 heteroatoms. The number of benzene rings is 1. The summed E-state index contributed by atoms with van der Waals surface area (Å²) in [7, 11) is 0. The maximum absolute atomic E-state index is 13.0. The van der Waals surface area contributed by atoms with Gasteiger partial charge < -0.3 is 10.6 Å². The van der Waals surface area contributed by atoms with Gasteiger partial charge in [-0.15, -0.1) is 0 Å². The molecule has 0 bridgehead atoms. The summed E-state index contributed by atoms with van der Waals surface area (Å²) in [4.78, 5) is 28.7. The summed E-state index contributed by atoms with van der Waals surface area (Å²) in [5.74, 6) is -1.33. The number of aromatic nitrogens is 1. The molecule has 0 aliphatic heterocycles. The minimum atomic E-state index is -0.535. The van der Waals surface area contributed by atoms with Gasteiger partial charge in [0, 0.05) is 30.4 Å². The molecule has 114 valence electrons. The van der Waals surface area contributed by atoms with Gasteiger partial charge in [-0.1, -0.05) is 11.6 Å². The van der Waals surface area contributed by atoms with Crippen molar-refractivity contribution in [3.05, 3.63) is 59.1 Å². The molecule has 2 N–H and O–H groups in total. The first-order chi connectivity index (χ1) is 10.5. The summed E-state index contributed by atoms with van der Waals surface area (Å²) in [6, 6.07) is 8.31. The van der Waals surface area contributed by atoms with Crippen LogP contribution in [-0.4, -0.2) is 23.3 Å². The largest absolute Gasteiger partial charge is 0.370 e. The van der Waals surface area contributed by atoms with Gasteiger partial charge in [0.05, 0.1) is 0 Å². The van der Waals surface area contributed by atoms with Gasteiger partial charge in [-0.2, -0.15) is 0 Å². The van der Waals surface area contributed by atoms with E-state index in [1.165, 1.54) is 47.5 Å². The van der Waals surface area contributed by atoms with Gasteiger partial charge in [-0.3, -0.25) is 9.59 Å². The molecule has 0 unspecified atom stereocenters. The SMILES string of the molecule is NC(=O)CCN(C(=O)c1ccnc(Cl)c1)c1ccc(F)cc1. The van der Waals surface area contributed by atoms with E-state index in [1.54, 1.807) is 0 Å². The molecule has 0 saturated heterocycles. The van der Waals surface area contributed by atoms with Crippen molar-refractivity contribution in [1.29, 1.82) is 0 Å². The van der Waals surface area contributed by atoms with Crippen LogP contribution in [0.25, 0.3) is 0 Å². The summed E-state index contributed by atoms with van der Waals surface area (Å²) < 4.78 is 13.0. The predicted molar refractivity (Wildman–Crippen MR) is 81.1 cm³/mol. The van der Waals surface area contributed by atoms with Gasteiger partial charge in [0.2, 0.25) is 5.91 Å². The average molecular weight is 322 g/mol. The molecule has 0 atom stereocenters. The summed E-state index contributed by atoms with van der Waals surface area (Å²) >= 11 is 5.78. The molecule has 22 heavy (non-hydrogen) atoms. The fraction of sp³-hybridized carbons (Fsp3) is 0.133. The van der Waals surface area contributed by atoms with E-state index in [1.807, 2.05) is 0 Å². The zero-order valence-electron chi connectivity index (χ0n) is 11.5. The van der Waals surface area contributed by atoms with Crippen LogP contribution in [0, 0.1) is 5.82 Å². The normalized spacial score (nSPS) is 10.3. The molecule has 0 radical (unpaired) electrons. The fourth-order valence-corrected chi connectivity index (χ4v) is 2.06. The van der Waals surface area contributed by atoms with E-state index in [4.69, 9.17) is 17.3 Å². The topological polar surface area (TPSA) is 76.3 Å². The number of pyridine rings is 1. The second-order valence-electron chi connectivity index (χ2n) is 4.52. The maximum atomic E-state index is 13.0. The lowest BCUT2D eigenvalue weighted by Crippen LogP contribution is -2.34. The Bertz CT molecular complexity index is 691. The van der Waals surface area contributed by atoms with E-state index in [0.717, 1.165) is 0 Å². The first-order valence-electron chi connectivity index (χ1n) is 6.44. The number of primary amides is 1. The Morgan fingerprint density at radius 3 is 2.50 bits per heavy atom. The third kappa shape index (κ3) is 4.02. The van der Waals surface area contributed by atoms with Gasteiger partial charge in [0.25, 0.3) is 5.91 Å². The molecule has 0 aliphatic carbocycles. The Hall–Kier alpha value is -2.47. The lowest BCUT2D eigenvalue weighted by Gasteiger charge is -2.22. The molecular formula is C15H13ClFN3O2. The second kappa shape index (κ2) is 7.00. The molecule has 1 aromatic heterocycles. The van der Waals surface area contributed by atoms with Crippen LogP contribution in [-0.2, 0) is 4.79 Å². The highest BCUT2D eigenvalue weighted by atomic mass is 35.5. The Balaban J connectivity index is 2.32. The van der Waals surface area contributed by atoms with Crippen molar-refractivity contribution in [2.24, 2.45) is 5.73 Å². The molecular weight excluding hydrogens is 309 g/mol. The van der Waals surface area contributed by atoms with Crippen LogP contribution in [0.5, 0.6) is 0 Å². The minimum absolute atomic E-state index is 0.0120. The molecule has 0 saturated carbocycles. The monoisotopic (exact) mass is 321 g/mol. The van der Waals surface area contributed by atoms with Gasteiger partial charge in [0.1, 0.15) is 11.0 Å². The quantitative estimate of drug-likeness (QED) is 0.859. The van der Waals surface area contributed by atoms with Crippen molar-refractivity contribution in [2.45, 2.75) is 6.42 Å². The maximum Gasteiger partial charge on any atom is 0.258 e. The average Bonchev–Trinajstić information content (AvgIpc) is 2.48. The second-order valence-corrected chi connectivity index (χ2v) is 4.90. The van der Waals surface area contributed by atoms with E-state index in [0.29, 0.717) is 11.3 Å². The van der Waals surface area contributed by atoms with Gasteiger partial charge >= 0.3 is 0 Å². The number of halogens is 2. The Kier molecular flexibility index (Phi) is 5.06. The summed E-state index contributed by atoms with van der Waals surface area (Å²) in [5.41, 5.74) is 5.91. The summed E-state index contributed by atoms with van der Waals surface area (Å²) in [5, 5.41) is 0.180. The summed E-state index contributed by atoms with van der Waals surface area (Å²) in [6.07, 6.45) is 1.40. The number of nitrogens with zero attached hydrogens (tertiary/aromatic N) is 2. The standard InChI is InChI=1S/C15H13ClFN3O2/c16-13-9-10(5-7-19-13)15(22)20(8-6-14(18)21)12-3-1-11(17)2-4-12/h1-5,7,9H,6,8H2,(H2,18,21). The van der Waals surface area contributed by atoms with Crippen LogP contribution in [0.3, 0.4) is 0 Å². The Morgan fingerprint density at radius 2 is 1.91 bits per heavy atom. The first kappa shape index (κ1) is 15.9. The molecule has 0 aliphatic rings. The van der Waals surface area contributed by atoms with Crippen LogP contribution in [0.1, 0.15) is 16.8 Å². The highest BCUT2D eigenvalue weighted by Crippen LogP contribution is 2.19. The van der Waals surface area contributed by atoms with E-state index < -0.39 is 11.7 Å². The van der Waals surface area contributed by atoms with E-state index >= 15 is 0 Å². The van der Waals surface area contributed by atoms with E-state index in [-0.39, 0.29) is 24.0 Å². The number of hydrogen-bond acceptors (Lipinski definition) is 3. The molecule has 0 spiro atoms. The van der Waals surface area contributed by atoms with Crippen LogP contribution in [0.15, 0.2) is 42.6 Å². The Morgan fingerprint density at radius 1 is 1.23 bits per heavy atom. The number of amides is 2. The minimum Gasteiger partial charge on any atom is -0.370 e. The molecule has 2 rings (SSSR count). The highest BCUT2D eigenvalue weighted by Gasteiger charge is 2.19. The molecule has 1 aromatic carbocycles. The van der Waals surface area contributed by atoms with Crippen molar-refractivity contribution in [3.63, 3.8) is 0 Å². The number of nitrogens with two attached hydrogens (primary N) is 1. The van der Waals surface area contributed by atoms with Crippen molar-refractivity contribution >= 4 is 29.1 Å². The molecule has 2 amide bonds. The first-order valence-corrected chi connectivity index (χ1v) is 6.82. The Labute approximate surface area is 131 Å². The number of carbonyl (C=O) groups is 2.